The SMILES string of the molecule is CCC[C@@H](C(=O)O)N1C(=O)/C(=C\c2ccc(-c3ccc(C(=O)OCC)cc3)o2)SC1=S. The standard InChI is InChI=1S/C22H21NO6S2/c1-3-5-16(20(25)26)23-19(24)18(31-22(23)30)12-15-10-11-17(29-15)13-6-8-14(9-7-13)21(27)28-4-2/h6-12,16H,3-5H2,1-2H3,(H,25,26)/b18-12+/t16-/m0/s1. The highest BCUT2D eigenvalue weighted by molar-refractivity contribution is 8.26. The molecule has 1 aromatic carbocycles. The van der Waals surface area contributed by atoms with E-state index in [1.54, 1.807) is 49.4 Å². The number of benzene rings is 1. The molecule has 1 aliphatic rings. The molecule has 1 fully saturated rings. The zero-order chi connectivity index (χ0) is 22.5. The molecule has 1 atom stereocenters. The Morgan fingerprint density at radius 1 is 1.23 bits per heavy atom. The fourth-order valence-electron chi connectivity index (χ4n) is 3.08. The third-order valence-electron chi connectivity index (χ3n) is 4.56. The van der Waals surface area contributed by atoms with Crippen molar-refractivity contribution in [3.8, 4) is 11.3 Å². The van der Waals surface area contributed by atoms with Gasteiger partial charge in [-0.1, -0.05) is 49.5 Å². The van der Waals surface area contributed by atoms with Crippen LogP contribution in [0, 0.1) is 0 Å². The van der Waals surface area contributed by atoms with Crippen molar-refractivity contribution in [3.05, 3.63) is 52.6 Å². The van der Waals surface area contributed by atoms with Gasteiger partial charge >= 0.3 is 11.9 Å². The number of ether oxygens (including phenoxy) is 1. The zero-order valence-electron chi connectivity index (χ0n) is 17.0. The Bertz CT molecular complexity index is 1040. The van der Waals surface area contributed by atoms with Crippen LogP contribution in [0.15, 0.2) is 45.7 Å². The molecule has 0 saturated carbocycles. The summed E-state index contributed by atoms with van der Waals surface area (Å²) in [7, 11) is 0. The van der Waals surface area contributed by atoms with Crippen molar-refractivity contribution in [2.45, 2.75) is 32.7 Å². The summed E-state index contributed by atoms with van der Waals surface area (Å²) in [6.07, 6.45) is 2.49. The third-order valence-corrected chi connectivity index (χ3v) is 5.89. The van der Waals surface area contributed by atoms with Crippen molar-refractivity contribution >= 4 is 52.2 Å². The maximum absolute atomic E-state index is 12.8. The van der Waals surface area contributed by atoms with Crippen LogP contribution in [0.5, 0.6) is 0 Å². The molecular weight excluding hydrogens is 438 g/mol. The van der Waals surface area contributed by atoms with Gasteiger partial charge in [-0.3, -0.25) is 9.69 Å². The molecule has 1 N–H and O–H groups in total. The smallest absolute Gasteiger partial charge is 0.338 e. The first-order valence-corrected chi connectivity index (χ1v) is 11.0. The van der Waals surface area contributed by atoms with E-state index in [0.717, 1.165) is 22.2 Å². The summed E-state index contributed by atoms with van der Waals surface area (Å²) in [5.41, 5.74) is 1.20. The van der Waals surface area contributed by atoms with Crippen molar-refractivity contribution in [1.82, 2.24) is 4.90 Å². The monoisotopic (exact) mass is 459 g/mol. The average Bonchev–Trinajstić information content (AvgIpc) is 3.31. The number of aliphatic carboxylic acids is 1. The predicted molar refractivity (Wildman–Crippen MR) is 121 cm³/mol. The molecule has 1 aliphatic heterocycles. The van der Waals surface area contributed by atoms with Crippen LogP contribution in [-0.2, 0) is 14.3 Å². The number of carbonyl (C=O) groups is 3. The maximum Gasteiger partial charge on any atom is 0.338 e. The minimum Gasteiger partial charge on any atom is -0.480 e. The van der Waals surface area contributed by atoms with Gasteiger partial charge in [-0.15, -0.1) is 0 Å². The normalized spacial score (nSPS) is 16.1. The van der Waals surface area contributed by atoms with E-state index in [2.05, 4.69) is 0 Å². The summed E-state index contributed by atoms with van der Waals surface area (Å²) in [6.45, 7) is 3.91. The van der Waals surface area contributed by atoms with Gasteiger partial charge in [-0.05, 0) is 37.6 Å². The summed E-state index contributed by atoms with van der Waals surface area (Å²) in [5, 5.41) is 9.46. The molecule has 0 bridgehead atoms. The molecule has 162 valence electrons. The molecule has 1 amide bonds. The van der Waals surface area contributed by atoms with Crippen LogP contribution in [0.1, 0.15) is 42.8 Å². The number of hydrogen-bond acceptors (Lipinski definition) is 7. The lowest BCUT2D eigenvalue weighted by molar-refractivity contribution is -0.145. The van der Waals surface area contributed by atoms with Gasteiger partial charge in [-0.25, -0.2) is 9.59 Å². The molecule has 2 aromatic rings. The van der Waals surface area contributed by atoms with E-state index < -0.39 is 17.9 Å². The Labute approximate surface area is 189 Å². The number of esters is 1. The van der Waals surface area contributed by atoms with Crippen LogP contribution in [-0.4, -0.2) is 44.8 Å². The van der Waals surface area contributed by atoms with E-state index in [1.807, 2.05) is 6.92 Å². The van der Waals surface area contributed by atoms with Gasteiger partial charge in [0.1, 0.15) is 21.9 Å². The number of furan rings is 1. The quantitative estimate of drug-likeness (QED) is 0.348. The van der Waals surface area contributed by atoms with E-state index >= 15 is 0 Å². The second-order valence-electron chi connectivity index (χ2n) is 6.69. The Balaban J connectivity index is 1.78. The summed E-state index contributed by atoms with van der Waals surface area (Å²) in [6, 6.07) is 9.28. The van der Waals surface area contributed by atoms with Crippen LogP contribution in [0.3, 0.4) is 0 Å². The van der Waals surface area contributed by atoms with Gasteiger partial charge in [0.15, 0.2) is 0 Å². The lowest BCUT2D eigenvalue weighted by Crippen LogP contribution is -2.43. The number of amides is 1. The first kappa shape index (κ1) is 22.8. The van der Waals surface area contributed by atoms with E-state index in [0.29, 0.717) is 41.4 Å². The zero-order valence-corrected chi connectivity index (χ0v) is 18.6. The molecule has 0 spiro atoms. The molecule has 31 heavy (non-hydrogen) atoms. The molecule has 0 radical (unpaired) electrons. The molecule has 0 unspecified atom stereocenters. The van der Waals surface area contributed by atoms with E-state index in [9.17, 15) is 19.5 Å². The highest BCUT2D eigenvalue weighted by Gasteiger charge is 2.40. The van der Waals surface area contributed by atoms with Gasteiger partial charge in [-0.2, -0.15) is 0 Å². The van der Waals surface area contributed by atoms with Gasteiger partial charge in [0.2, 0.25) is 0 Å². The predicted octanol–water partition coefficient (Wildman–Crippen LogP) is 4.58. The number of nitrogens with zero attached hydrogens (tertiary/aromatic N) is 1. The van der Waals surface area contributed by atoms with Crippen molar-refractivity contribution in [3.63, 3.8) is 0 Å². The minimum atomic E-state index is -1.08. The van der Waals surface area contributed by atoms with Crippen molar-refractivity contribution in [1.29, 1.82) is 0 Å². The lowest BCUT2D eigenvalue weighted by Gasteiger charge is -2.22. The first-order chi connectivity index (χ1) is 14.8. The molecule has 7 nitrogen and oxygen atoms in total. The van der Waals surface area contributed by atoms with Crippen LogP contribution < -0.4 is 0 Å². The molecule has 1 saturated heterocycles. The molecular formula is C22H21NO6S2. The Morgan fingerprint density at radius 3 is 2.55 bits per heavy atom. The van der Waals surface area contributed by atoms with Gasteiger partial charge in [0, 0.05) is 11.6 Å². The molecule has 0 aliphatic carbocycles. The fourth-order valence-corrected chi connectivity index (χ4v) is 4.42. The van der Waals surface area contributed by atoms with Crippen LogP contribution in [0.4, 0.5) is 0 Å². The first-order valence-electron chi connectivity index (χ1n) is 9.73. The van der Waals surface area contributed by atoms with Gasteiger partial charge in [0.25, 0.3) is 5.91 Å². The molecule has 2 heterocycles. The second kappa shape index (κ2) is 9.93. The van der Waals surface area contributed by atoms with Crippen molar-refractivity contribution in [2.24, 2.45) is 0 Å². The van der Waals surface area contributed by atoms with Crippen molar-refractivity contribution < 1.29 is 28.6 Å². The Morgan fingerprint density at radius 2 is 1.94 bits per heavy atom. The van der Waals surface area contributed by atoms with Crippen LogP contribution in [0.25, 0.3) is 17.4 Å². The van der Waals surface area contributed by atoms with Gasteiger partial charge < -0.3 is 14.3 Å². The number of hydrogen-bond donors (Lipinski definition) is 1. The van der Waals surface area contributed by atoms with Crippen LogP contribution >= 0.6 is 24.0 Å². The number of carboxylic acids is 1. The molecule has 3 rings (SSSR count). The number of thioether (sulfide) groups is 1. The summed E-state index contributed by atoms with van der Waals surface area (Å²) in [5.74, 6) is -0.906. The number of carboxylic acid groups (broad SMARTS) is 1. The number of carbonyl (C=O) groups excluding carboxylic acids is 2. The lowest BCUT2D eigenvalue weighted by atomic mass is 10.1. The largest absolute Gasteiger partial charge is 0.480 e. The number of thiocarbonyl (C=S) groups is 1. The second-order valence-corrected chi connectivity index (χ2v) is 8.37. The minimum absolute atomic E-state index is 0.221. The maximum atomic E-state index is 12.8. The van der Waals surface area contributed by atoms with E-state index in [1.165, 1.54) is 0 Å². The Hall–Kier alpha value is -2.91. The van der Waals surface area contributed by atoms with Crippen LogP contribution in [0.2, 0.25) is 0 Å². The molecule has 1 aromatic heterocycles. The molecule has 9 heteroatoms. The topological polar surface area (TPSA) is 97.1 Å². The van der Waals surface area contributed by atoms with E-state index in [4.69, 9.17) is 21.4 Å². The Kier molecular flexibility index (Phi) is 7.29. The fraction of sp³-hybridized carbons (Fsp3) is 0.273. The summed E-state index contributed by atoms with van der Waals surface area (Å²) in [4.78, 5) is 37.6. The highest BCUT2D eigenvalue weighted by Crippen LogP contribution is 2.35. The summed E-state index contributed by atoms with van der Waals surface area (Å²) >= 11 is 6.31. The highest BCUT2D eigenvalue weighted by atomic mass is 32.2. The average molecular weight is 460 g/mol. The van der Waals surface area contributed by atoms with Gasteiger partial charge in [0.05, 0.1) is 17.1 Å². The van der Waals surface area contributed by atoms with E-state index in [-0.39, 0.29) is 10.3 Å². The summed E-state index contributed by atoms with van der Waals surface area (Å²) < 4.78 is 11.0. The van der Waals surface area contributed by atoms with Crippen molar-refractivity contribution in [2.75, 3.05) is 6.61 Å². The third kappa shape index (κ3) is 5.05. The number of rotatable bonds is 8.